The number of benzene rings is 1. The van der Waals surface area contributed by atoms with Crippen molar-refractivity contribution in [1.82, 2.24) is 4.31 Å². The zero-order chi connectivity index (χ0) is 19.3. The number of nitro benzene ring substituents is 1. The fourth-order valence-electron chi connectivity index (χ4n) is 2.47. The van der Waals surface area contributed by atoms with Gasteiger partial charge in [-0.15, -0.1) is 0 Å². The molecule has 1 aromatic heterocycles. The highest BCUT2D eigenvalue weighted by molar-refractivity contribution is 7.89. The summed E-state index contributed by atoms with van der Waals surface area (Å²) in [7, 11) is -3.80. The van der Waals surface area contributed by atoms with E-state index in [1.165, 1.54) is 22.7 Å². The third-order valence-corrected chi connectivity index (χ3v) is 5.91. The SMILES string of the molecule is CCN(CC)S(=O)(=O)c1ccc(NCC(O)c2ccco2)c([N+](=O)[O-])c1. The van der Waals surface area contributed by atoms with Gasteiger partial charge in [0.25, 0.3) is 5.69 Å². The Balaban J connectivity index is 2.27. The van der Waals surface area contributed by atoms with Crippen molar-refractivity contribution in [2.45, 2.75) is 24.8 Å². The van der Waals surface area contributed by atoms with E-state index < -0.39 is 21.1 Å². The molecule has 0 aliphatic carbocycles. The summed E-state index contributed by atoms with van der Waals surface area (Å²) >= 11 is 0. The maximum atomic E-state index is 12.5. The van der Waals surface area contributed by atoms with Crippen LogP contribution in [0.25, 0.3) is 0 Å². The van der Waals surface area contributed by atoms with Crippen molar-refractivity contribution in [3.63, 3.8) is 0 Å². The van der Waals surface area contributed by atoms with Crippen LogP contribution in [-0.4, -0.2) is 42.4 Å². The zero-order valence-corrected chi connectivity index (χ0v) is 15.3. The highest BCUT2D eigenvalue weighted by Crippen LogP contribution is 2.29. The molecule has 9 nitrogen and oxygen atoms in total. The highest BCUT2D eigenvalue weighted by Gasteiger charge is 2.26. The molecule has 0 spiro atoms. The Labute approximate surface area is 151 Å². The van der Waals surface area contributed by atoms with Crippen LogP contribution in [0.5, 0.6) is 0 Å². The van der Waals surface area contributed by atoms with Gasteiger partial charge in [0, 0.05) is 25.7 Å². The number of furan rings is 1. The molecule has 0 radical (unpaired) electrons. The second-order valence-electron chi connectivity index (χ2n) is 5.44. The molecule has 10 heteroatoms. The van der Waals surface area contributed by atoms with E-state index in [4.69, 9.17) is 4.42 Å². The normalized spacial score (nSPS) is 12.9. The molecular weight excluding hydrogens is 362 g/mol. The van der Waals surface area contributed by atoms with Crippen molar-refractivity contribution in [2.24, 2.45) is 0 Å². The molecule has 0 saturated carbocycles. The third-order valence-electron chi connectivity index (χ3n) is 3.87. The molecule has 1 atom stereocenters. The number of nitrogens with zero attached hydrogens (tertiary/aromatic N) is 2. The maximum Gasteiger partial charge on any atom is 0.293 e. The number of hydrogen-bond acceptors (Lipinski definition) is 7. The van der Waals surface area contributed by atoms with E-state index in [-0.39, 0.29) is 35.9 Å². The van der Waals surface area contributed by atoms with Crippen LogP contribution in [0.3, 0.4) is 0 Å². The minimum Gasteiger partial charge on any atom is -0.467 e. The van der Waals surface area contributed by atoms with Gasteiger partial charge in [-0.05, 0) is 24.3 Å². The Kier molecular flexibility index (Phi) is 6.35. The van der Waals surface area contributed by atoms with Gasteiger partial charge in [0.1, 0.15) is 17.6 Å². The number of hydrogen-bond donors (Lipinski definition) is 2. The first-order chi connectivity index (χ1) is 12.3. The second-order valence-corrected chi connectivity index (χ2v) is 7.38. The quantitative estimate of drug-likeness (QED) is 0.503. The van der Waals surface area contributed by atoms with Gasteiger partial charge in [0.05, 0.1) is 16.1 Å². The van der Waals surface area contributed by atoms with Gasteiger partial charge in [0.15, 0.2) is 0 Å². The summed E-state index contributed by atoms with van der Waals surface area (Å²) in [6.07, 6.45) is 0.414. The topological polar surface area (TPSA) is 126 Å². The lowest BCUT2D eigenvalue weighted by molar-refractivity contribution is -0.384. The third kappa shape index (κ3) is 4.21. The van der Waals surface area contributed by atoms with Crippen molar-refractivity contribution >= 4 is 21.4 Å². The van der Waals surface area contributed by atoms with E-state index in [2.05, 4.69) is 5.32 Å². The van der Waals surface area contributed by atoms with E-state index in [1.807, 2.05) is 0 Å². The molecule has 0 aliphatic rings. The predicted molar refractivity (Wildman–Crippen MR) is 95.4 cm³/mol. The molecule has 0 fully saturated rings. The first-order valence-electron chi connectivity index (χ1n) is 8.05. The average molecular weight is 383 g/mol. The lowest BCUT2D eigenvalue weighted by Gasteiger charge is -2.18. The Morgan fingerprint density at radius 3 is 2.54 bits per heavy atom. The van der Waals surface area contributed by atoms with Crippen molar-refractivity contribution in [1.29, 1.82) is 0 Å². The van der Waals surface area contributed by atoms with Crippen molar-refractivity contribution in [3.8, 4) is 0 Å². The van der Waals surface area contributed by atoms with Crippen LogP contribution in [0, 0.1) is 10.1 Å². The molecule has 0 aliphatic heterocycles. The van der Waals surface area contributed by atoms with E-state index in [1.54, 1.807) is 26.0 Å². The number of aliphatic hydroxyl groups is 1. The minimum absolute atomic E-state index is 0.0313. The molecule has 1 heterocycles. The summed E-state index contributed by atoms with van der Waals surface area (Å²) in [5.74, 6) is 0.320. The van der Waals surface area contributed by atoms with E-state index in [0.717, 1.165) is 6.07 Å². The summed E-state index contributed by atoms with van der Waals surface area (Å²) in [5, 5.41) is 24.1. The van der Waals surface area contributed by atoms with Crippen LogP contribution >= 0.6 is 0 Å². The smallest absolute Gasteiger partial charge is 0.293 e. The summed E-state index contributed by atoms with van der Waals surface area (Å²) in [5.41, 5.74) is -0.274. The monoisotopic (exact) mass is 383 g/mol. The molecule has 142 valence electrons. The van der Waals surface area contributed by atoms with Crippen molar-refractivity contribution < 1.29 is 22.9 Å². The van der Waals surface area contributed by atoms with Crippen molar-refractivity contribution in [2.75, 3.05) is 25.0 Å². The maximum absolute atomic E-state index is 12.5. The number of sulfonamides is 1. The lowest BCUT2D eigenvalue weighted by Crippen LogP contribution is -2.30. The van der Waals surface area contributed by atoms with Gasteiger partial charge in [-0.2, -0.15) is 4.31 Å². The Morgan fingerprint density at radius 1 is 1.31 bits per heavy atom. The Bertz CT molecular complexity index is 847. The van der Waals surface area contributed by atoms with E-state index >= 15 is 0 Å². The van der Waals surface area contributed by atoms with Gasteiger partial charge in [-0.25, -0.2) is 8.42 Å². The number of aliphatic hydroxyl groups excluding tert-OH is 1. The molecule has 2 aromatic rings. The molecule has 0 saturated heterocycles. The van der Waals surface area contributed by atoms with E-state index in [0.29, 0.717) is 5.76 Å². The fourth-order valence-corrected chi connectivity index (χ4v) is 3.95. The highest BCUT2D eigenvalue weighted by atomic mass is 32.2. The Morgan fingerprint density at radius 2 is 2.00 bits per heavy atom. The van der Waals surface area contributed by atoms with Gasteiger partial charge >= 0.3 is 0 Å². The average Bonchev–Trinajstić information content (AvgIpc) is 3.15. The molecular formula is C16H21N3O6S. The van der Waals surface area contributed by atoms with Gasteiger partial charge in [-0.1, -0.05) is 13.8 Å². The van der Waals surface area contributed by atoms with Crippen molar-refractivity contribution in [3.05, 3.63) is 52.5 Å². The van der Waals surface area contributed by atoms with Crippen LogP contribution in [0.1, 0.15) is 25.7 Å². The zero-order valence-electron chi connectivity index (χ0n) is 14.5. The largest absolute Gasteiger partial charge is 0.467 e. The summed E-state index contributed by atoms with van der Waals surface area (Å²) in [6.45, 7) is 3.89. The second kappa shape index (κ2) is 8.30. The van der Waals surface area contributed by atoms with Crippen LogP contribution in [0.4, 0.5) is 11.4 Å². The standard InChI is InChI=1S/C16H21N3O6S/c1-3-18(4-2)26(23,24)12-7-8-13(14(10-12)19(21)22)17-11-15(20)16-6-5-9-25-16/h5-10,15,17,20H,3-4,11H2,1-2H3. The Hall–Kier alpha value is -2.43. The van der Waals surface area contributed by atoms with E-state index in [9.17, 15) is 23.6 Å². The lowest BCUT2D eigenvalue weighted by atomic mass is 10.2. The molecule has 0 amide bonds. The first kappa shape index (κ1) is 19.9. The fraction of sp³-hybridized carbons (Fsp3) is 0.375. The first-order valence-corrected chi connectivity index (χ1v) is 9.49. The number of anilines is 1. The summed E-state index contributed by atoms with van der Waals surface area (Å²) in [4.78, 5) is 10.5. The van der Waals surface area contributed by atoms with Crippen LogP contribution in [0.15, 0.2) is 45.9 Å². The summed E-state index contributed by atoms with van der Waals surface area (Å²) in [6, 6.07) is 6.86. The van der Waals surface area contributed by atoms with Crippen LogP contribution < -0.4 is 5.32 Å². The van der Waals surface area contributed by atoms with Gasteiger partial charge in [-0.3, -0.25) is 10.1 Å². The molecule has 1 unspecified atom stereocenters. The van der Waals surface area contributed by atoms with Gasteiger partial charge in [0.2, 0.25) is 10.0 Å². The molecule has 2 N–H and O–H groups in total. The molecule has 2 rings (SSSR count). The molecule has 26 heavy (non-hydrogen) atoms. The summed E-state index contributed by atoms with van der Waals surface area (Å²) < 4.78 is 31.4. The minimum atomic E-state index is -3.80. The number of rotatable bonds is 9. The van der Waals surface area contributed by atoms with Crippen LogP contribution in [-0.2, 0) is 10.0 Å². The van der Waals surface area contributed by atoms with Crippen LogP contribution in [0.2, 0.25) is 0 Å². The molecule has 0 bridgehead atoms. The number of nitrogens with one attached hydrogen (secondary N) is 1. The van der Waals surface area contributed by atoms with Gasteiger partial charge < -0.3 is 14.8 Å². The molecule has 1 aromatic carbocycles. The predicted octanol–water partition coefficient (Wildman–Crippen LogP) is 2.36. The number of nitro groups is 1.